The third-order valence-corrected chi connectivity index (χ3v) is 7.41. The standard InChI is InChI=1S/C37H43N3O5/c1-7-20-40(35(43)32(39-36(44)45-37(4,5)6)22-26-13-17-30(41)18-14-26)33(31-19-12-24(2)21-25(31)3)34(42)38-29-16-15-27-10-8-9-11-28(27)23-29/h8-19,21,23,32-33,41H,7,20,22H2,1-6H3,(H,38,42)(H,39,44). The van der Waals surface area contributed by atoms with Gasteiger partial charge < -0.3 is 25.4 Å². The summed E-state index contributed by atoms with van der Waals surface area (Å²) in [6, 6.07) is 23.9. The molecule has 0 bridgehead atoms. The van der Waals surface area contributed by atoms with Gasteiger partial charge in [-0.1, -0.05) is 73.2 Å². The molecular formula is C37H43N3O5. The molecule has 45 heavy (non-hydrogen) atoms. The quantitative estimate of drug-likeness (QED) is 0.176. The molecule has 3 N–H and O–H groups in total. The summed E-state index contributed by atoms with van der Waals surface area (Å²) in [5.74, 6) is -0.691. The number of phenolic OH excluding ortho intramolecular Hbond substituents is 1. The number of benzene rings is 4. The molecule has 4 aromatic carbocycles. The van der Waals surface area contributed by atoms with E-state index >= 15 is 0 Å². The van der Waals surface area contributed by atoms with E-state index in [1.165, 1.54) is 12.1 Å². The van der Waals surface area contributed by atoms with Crippen molar-refractivity contribution in [3.63, 3.8) is 0 Å². The van der Waals surface area contributed by atoms with Gasteiger partial charge in [-0.3, -0.25) is 9.59 Å². The van der Waals surface area contributed by atoms with E-state index < -0.39 is 29.7 Å². The number of hydrogen-bond acceptors (Lipinski definition) is 5. The van der Waals surface area contributed by atoms with E-state index in [-0.39, 0.29) is 24.6 Å². The topological polar surface area (TPSA) is 108 Å². The Morgan fingerprint density at radius 1 is 0.889 bits per heavy atom. The molecule has 0 aliphatic heterocycles. The number of nitrogens with one attached hydrogen (secondary N) is 2. The van der Waals surface area contributed by atoms with Crippen LogP contribution in [-0.2, 0) is 20.7 Å². The van der Waals surface area contributed by atoms with E-state index in [9.17, 15) is 19.5 Å². The second-order valence-corrected chi connectivity index (χ2v) is 12.4. The van der Waals surface area contributed by atoms with E-state index in [1.54, 1.807) is 37.8 Å². The molecule has 3 amide bonds. The molecule has 0 spiro atoms. The zero-order valence-electron chi connectivity index (χ0n) is 26.9. The third-order valence-electron chi connectivity index (χ3n) is 7.41. The summed E-state index contributed by atoms with van der Waals surface area (Å²) in [6.45, 7) is 11.4. The molecule has 4 rings (SSSR count). The van der Waals surface area contributed by atoms with Crippen LogP contribution in [0.3, 0.4) is 0 Å². The number of aromatic hydroxyl groups is 1. The second kappa shape index (κ2) is 14.3. The number of fused-ring (bicyclic) bond motifs is 1. The number of aryl methyl sites for hydroxylation is 2. The van der Waals surface area contributed by atoms with Crippen LogP contribution in [0.4, 0.5) is 10.5 Å². The van der Waals surface area contributed by atoms with Gasteiger partial charge in [-0.05, 0) is 92.8 Å². The Balaban J connectivity index is 1.75. The molecule has 8 heteroatoms. The van der Waals surface area contributed by atoms with Gasteiger partial charge in [0.25, 0.3) is 5.91 Å². The highest BCUT2D eigenvalue weighted by atomic mass is 16.6. The summed E-state index contributed by atoms with van der Waals surface area (Å²) in [7, 11) is 0. The number of anilines is 1. The van der Waals surface area contributed by atoms with Crippen molar-refractivity contribution in [2.45, 2.75) is 72.1 Å². The second-order valence-electron chi connectivity index (χ2n) is 12.4. The third kappa shape index (κ3) is 8.85. The Morgan fingerprint density at radius 3 is 2.22 bits per heavy atom. The first-order valence-corrected chi connectivity index (χ1v) is 15.3. The van der Waals surface area contributed by atoms with Crippen LogP contribution < -0.4 is 10.6 Å². The normalized spacial score (nSPS) is 12.7. The van der Waals surface area contributed by atoms with Gasteiger partial charge in [-0.15, -0.1) is 0 Å². The number of alkyl carbamates (subject to hydrolysis) is 1. The van der Waals surface area contributed by atoms with Crippen LogP contribution in [0.25, 0.3) is 10.8 Å². The number of nitrogens with zero attached hydrogens (tertiary/aromatic N) is 1. The zero-order valence-corrected chi connectivity index (χ0v) is 26.9. The average molecular weight is 610 g/mol. The fourth-order valence-corrected chi connectivity index (χ4v) is 5.39. The van der Waals surface area contributed by atoms with E-state index in [2.05, 4.69) is 10.6 Å². The lowest BCUT2D eigenvalue weighted by molar-refractivity contribution is -0.140. The Bertz CT molecular complexity index is 1660. The minimum absolute atomic E-state index is 0.0922. The van der Waals surface area contributed by atoms with Crippen LogP contribution >= 0.6 is 0 Å². The summed E-state index contributed by atoms with van der Waals surface area (Å²) in [5, 5.41) is 17.7. The van der Waals surface area contributed by atoms with Crippen molar-refractivity contribution >= 4 is 34.4 Å². The minimum atomic E-state index is -1.04. The molecule has 4 aromatic rings. The first kappa shape index (κ1) is 33.1. The van der Waals surface area contributed by atoms with Crippen LogP contribution in [0.1, 0.15) is 62.4 Å². The van der Waals surface area contributed by atoms with Crippen LogP contribution in [-0.4, -0.2) is 46.1 Å². The average Bonchev–Trinajstić information content (AvgIpc) is 2.97. The van der Waals surface area contributed by atoms with Gasteiger partial charge in [0, 0.05) is 18.7 Å². The number of phenols is 1. The summed E-state index contributed by atoms with van der Waals surface area (Å²) < 4.78 is 5.51. The lowest BCUT2D eigenvalue weighted by atomic mass is 9.95. The van der Waals surface area contributed by atoms with Crippen molar-refractivity contribution in [1.82, 2.24) is 10.2 Å². The fraction of sp³-hybridized carbons (Fsp3) is 0.324. The summed E-state index contributed by atoms with van der Waals surface area (Å²) >= 11 is 0. The van der Waals surface area contributed by atoms with Gasteiger partial charge >= 0.3 is 6.09 Å². The maximum Gasteiger partial charge on any atom is 0.408 e. The fourth-order valence-electron chi connectivity index (χ4n) is 5.39. The molecule has 0 aromatic heterocycles. The molecule has 8 nitrogen and oxygen atoms in total. The van der Waals surface area contributed by atoms with Gasteiger partial charge in [0.15, 0.2) is 0 Å². The Hall–Kier alpha value is -4.85. The number of carbonyl (C=O) groups excluding carboxylic acids is 3. The lowest BCUT2D eigenvalue weighted by Gasteiger charge is -2.35. The van der Waals surface area contributed by atoms with Gasteiger partial charge in [0.1, 0.15) is 23.4 Å². The zero-order chi connectivity index (χ0) is 32.7. The maximum atomic E-state index is 14.6. The molecule has 0 aliphatic carbocycles. The predicted octanol–water partition coefficient (Wildman–Crippen LogP) is 7.22. The van der Waals surface area contributed by atoms with Crippen LogP contribution in [0, 0.1) is 13.8 Å². The van der Waals surface area contributed by atoms with Crippen molar-refractivity contribution in [2.75, 3.05) is 11.9 Å². The Labute approximate surface area is 265 Å². The molecule has 2 atom stereocenters. The molecule has 0 heterocycles. The van der Waals surface area contributed by atoms with Gasteiger partial charge in [-0.2, -0.15) is 0 Å². The summed E-state index contributed by atoms with van der Waals surface area (Å²) in [4.78, 5) is 43.4. The number of carbonyl (C=O) groups is 3. The van der Waals surface area contributed by atoms with Crippen molar-refractivity contribution in [3.05, 3.63) is 107 Å². The number of rotatable bonds is 10. The van der Waals surface area contributed by atoms with Gasteiger partial charge in [-0.25, -0.2) is 4.79 Å². The largest absolute Gasteiger partial charge is 0.508 e. The predicted molar refractivity (Wildman–Crippen MR) is 178 cm³/mol. The van der Waals surface area contributed by atoms with Crippen LogP contribution in [0.15, 0.2) is 84.9 Å². The summed E-state index contributed by atoms with van der Waals surface area (Å²) in [6.07, 6.45) is -0.0288. The molecule has 0 saturated carbocycles. The maximum absolute atomic E-state index is 14.6. The SMILES string of the molecule is CCCN(C(=O)C(Cc1ccc(O)cc1)NC(=O)OC(C)(C)C)C(C(=O)Nc1ccc2ccccc2c1)c1ccc(C)cc1C. The molecule has 236 valence electrons. The number of ether oxygens (including phenoxy) is 1. The first-order valence-electron chi connectivity index (χ1n) is 15.3. The smallest absolute Gasteiger partial charge is 0.408 e. The molecule has 0 fully saturated rings. The van der Waals surface area contributed by atoms with Crippen molar-refractivity contribution in [3.8, 4) is 5.75 Å². The Kier molecular flexibility index (Phi) is 10.5. The molecule has 0 saturated heterocycles. The molecule has 2 unspecified atom stereocenters. The van der Waals surface area contributed by atoms with E-state index in [4.69, 9.17) is 4.74 Å². The molecular weight excluding hydrogens is 566 g/mol. The van der Waals surface area contributed by atoms with Crippen molar-refractivity contribution < 1.29 is 24.2 Å². The highest BCUT2D eigenvalue weighted by Crippen LogP contribution is 2.29. The van der Waals surface area contributed by atoms with Crippen LogP contribution in [0.2, 0.25) is 0 Å². The highest BCUT2D eigenvalue weighted by molar-refractivity contribution is 6.00. The number of amides is 3. The van der Waals surface area contributed by atoms with Gasteiger partial charge in [0.05, 0.1) is 0 Å². The van der Waals surface area contributed by atoms with Crippen molar-refractivity contribution in [2.24, 2.45) is 0 Å². The minimum Gasteiger partial charge on any atom is -0.508 e. The Morgan fingerprint density at radius 2 is 1.58 bits per heavy atom. The first-order chi connectivity index (χ1) is 21.3. The highest BCUT2D eigenvalue weighted by Gasteiger charge is 2.37. The van der Waals surface area contributed by atoms with E-state index in [1.807, 2.05) is 81.4 Å². The van der Waals surface area contributed by atoms with E-state index in [0.29, 0.717) is 17.7 Å². The molecule has 0 radical (unpaired) electrons. The molecule has 0 aliphatic rings. The van der Waals surface area contributed by atoms with E-state index in [0.717, 1.165) is 27.5 Å². The van der Waals surface area contributed by atoms with Crippen LogP contribution in [0.5, 0.6) is 5.75 Å². The number of hydrogen-bond donors (Lipinski definition) is 3. The monoisotopic (exact) mass is 609 g/mol. The van der Waals surface area contributed by atoms with Gasteiger partial charge in [0.2, 0.25) is 5.91 Å². The lowest BCUT2D eigenvalue weighted by Crippen LogP contribution is -2.53. The van der Waals surface area contributed by atoms with Crippen molar-refractivity contribution in [1.29, 1.82) is 0 Å². The summed E-state index contributed by atoms with van der Waals surface area (Å²) in [5.41, 5.74) is 3.17.